The van der Waals surface area contributed by atoms with Gasteiger partial charge in [0.1, 0.15) is 0 Å². The van der Waals surface area contributed by atoms with E-state index >= 15 is 0 Å². The van der Waals surface area contributed by atoms with E-state index in [9.17, 15) is 9.59 Å². The number of hydrogen-bond donors (Lipinski definition) is 2. The van der Waals surface area contributed by atoms with Gasteiger partial charge in [-0.2, -0.15) is 4.98 Å². The Labute approximate surface area is 132 Å². The molecule has 0 aliphatic carbocycles. The van der Waals surface area contributed by atoms with Crippen LogP contribution in [0.5, 0.6) is 0 Å². The van der Waals surface area contributed by atoms with E-state index in [1.54, 1.807) is 24.3 Å². The van der Waals surface area contributed by atoms with Gasteiger partial charge in [0.2, 0.25) is 12.2 Å². The van der Waals surface area contributed by atoms with Gasteiger partial charge in [-0.3, -0.25) is 4.79 Å². The molecule has 0 spiro atoms. The summed E-state index contributed by atoms with van der Waals surface area (Å²) in [4.78, 5) is 28.8. The molecule has 1 aromatic heterocycles. The number of hydrogen-bond acceptors (Lipinski definition) is 5. The Morgan fingerprint density at radius 3 is 2.74 bits per heavy atom. The summed E-state index contributed by atoms with van der Waals surface area (Å²) in [5.74, 6) is -0.870. The number of benzene rings is 1. The fourth-order valence-corrected chi connectivity index (χ4v) is 2.57. The van der Waals surface area contributed by atoms with Crippen molar-refractivity contribution in [2.75, 3.05) is 18.4 Å². The Morgan fingerprint density at radius 2 is 2.09 bits per heavy atom. The highest BCUT2D eigenvalue weighted by Gasteiger charge is 2.28. The van der Waals surface area contributed by atoms with E-state index in [1.165, 1.54) is 11.3 Å². The van der Waals surface area contributed by atoms with Crippen LogP contribution in [-0.4, -0.2) is 45.2 Å². The number of nitrogens with zero attached hydrogens (tertiary/aromatic N) is 3. The first kappa shape index (κ1) is 15.0. The SMILES string of the molecule is O=C(O)C1CCCN(C(=O)Nc2ccc(-c3ncon3)cc2)C1. The molecule has 0 bridgehead atoms. The molecule has 2 heterocycles. The largest absolute Gasteiger partial charge is 0.481 e. The second-order valence-electron chi connectivity index (χ2n) is 5.39. The summed E-state index contributed by atoms with van der Waals surface area (Å²) in [6.07, 6.45) is 2.56. The smallest absolute Gasteiger partial charge is 0.321 e. The van der Waals surface area contributed by atoms with E-state index in [1.807, 2.05) is 0 Å². The number of carboxylic acids is 1. The van der Waals surface area contributed by atoms with Gasteiger partial charge < -0.3 is 19.8 Å². The normalized spacial score (nSPS) is 17.7. The zero-order valence-corrected chi connectivity index (χ0v) is 12.3. The highest BCUT2D eigenvalue weighted by Crippen LogP contribution is 2.20. The van der Waals surface area contributed by atoms with E-state index in [0.717, 1.165) is 5.56 Å². The average Bonchev–Trinajstić information content (AvgIpc) is 3.10. The molecule has 1 fully saturated rings. The molecule has 2 N–H and O–H groups in total. The van der Waals surface area contributed by atoms with Gasteiger partial charge >= 0.3 is 12.0 Å². The molecule has 1 aliphatic rings. The molecule has 0 radical (unpaired) electrons. The molecule has 2 aromatic rings. The van der Waals surface area contributed by atoms with E-state index in [2.05, 4.69) is 20.0 Å². The summed E-state index contributed by atoms with van der Waals surface area (Å²) < 4.78 is 4.69. The van der Waals surface area contributed by atoms with Crippen molar-refractivity contribution in [3.63, 3.8) is 0 Å². The lowest BCUT2D eigenvalue weighted by Gasteiger charge is -2.30. The second-order valence-corrected chi connectivity index (χ2v) is 5.39. The lowest BCUT2D eigenvalue weighted by Crippen LogP contribution is -2.44. The number of carbonyl (C=O) groups excluding carboxylic acids is 1. The van der Waals surface area contributed by atoms with Gasteiger partial charge in [0.25, 0.3) is 0 Å². The van der Waals surface area contributed by atoms with Gasteiger partial charge in [0.15, 0.2) is 0 Å². The first-order valence-electron chi connectivity index (χ1n) is 7.29. The molecule has 8 heteroatoms. The fourth-order valence-electron chi connectivity index (χ4n) is 2.57. The molecule has 23 heavy (non-hydrogen) atoms. The molecule has 8 nitrogen and oxygen atoms in total. The molecular formula is C15H16N4O4. The number of piperidine rings is 1. The van der Waals surface area contributed by atoms with E-state index in [4.69, 9.17) is 5.11 Å². The van der Waals surface area contributed by atoms with Crippen molar-refractivity contribution in [3.05, 3.63) is 30.7 Å². The monoisotopic (exact) mass is 316 g/mol. The van der Waals surface area contributed by atoms with Crippen LogP contribution in [0.15, 0.2) is 35.2 Å². The third-order valence-electron chi connectivity index (χ3n) is 3.81. The minimum absolute atomic E-state index is 0.238. The average molecular weight is 316 g/mol. The Balaban J connectivity index is 1.62. The second kappa shape index (κ2) is 6.47. The maximum absolute atomic E-state index is 12.2. The lowest BCUT2D eigenvalue weighted by molar-refractivity contribution is -0.143. The van der Waals surface area contributed by atoms with Gasteiger partial charge in [-0.1, -0.05) is 5.16 Å². The van der Waals surface area contributed by atoms with Gasteiger partial charge in [-0.05, 0) is 37.1 Å². The molecular weight excluding hydrogens is 300 g/mol. The number of aliphatic carboxylic acids is 1. The van der Waals surface area contributed by atoms with Crippen molar-refractivity contribution in [2.45, 2.75) is 12.8 Å². The first-order chi connectivity index (χ1) is 11.1. The summed E-state index contributed by atoms with van der Waals surface area (Å²) in [5.41, 5.74) is 1.40. The number of nitrogens with one attached hydrogen (secondary N) is 1. The van der Waals surface area contributed by atoms with Crippen molar-refractivity contribution < 1.29 is 19.2 Å². The minimum Gasteiger partial charge on any atom is -0.481 e. The van der Waals surface area contributed by atoms with Crippen LogP contribution in [-0.2, 0) is 4.79 Å². The number of carboxylic acid groups (broad SMARTS) is 1. The van der Waals surface area contributed by atoms with E-state index in [-0.39, 0.29) is 12.6 Å². The topological polar surface area (TPSA) is 109 Å². The molecule has 1 aliphatic heterocycles. The molecule has 1 aromatic carbocycles. The van der Waals surface area contributed by atoms with Gasteiger partial charge in [0, 0.05) is 24.3 Å². The van der Waals surface area contributed by atoms with Gasteiger partial charge in [0.05, 0.1) is 5.92 Å². The molecule has 2 amide bonds. The first-order valence-corrected chi connectivity index (χ1v) is 7.29. The third kappa shape index (κ3) is 3.47. The number of likely N-dealkylation sites (tertiary alicyclic amines) is 1. The Kier molecular flexibility index (Phi) is 4.22. The summed E-state index contributed by atoms with van der Waals surface area (Å²) in [7, 11) is 0. The van der Waals surface area contributed by atoms with Crippen molar-refractivity contribution >= 4 is 17.7 Å². The zero-order chi connectivity index (χ0) is 16.2. The van der Waals surface area contributed by atoms with Crippen LogP contribution >= 0.6 is 0 Å². The van der Waals surface area contributed by atoms with Crippen LogP contribution in [0.1, 0.15) is 12.8 Å². The van der Waals surface area contributed by atoms with Crippen LogP contribution in [0.4, 0.5) is 10.5 Å². The minimum atomic E-state index is -0.855. The lowest BCUT2D eigenvalue weighted by atomic mass is 9.99. The Hall–Kier alpha value is -2.90. The maximum Gasteiger partial charge on any atom is 0.321 e. The quantitative estimate of drug-likeness (QED) is 0.897. The predicted octanol–water partition coefficient (Wildman–Crippen LogP) is 2.07. The van der Waals surface area contributed by atoms with Crippen molar-refractivity contribution in [2.24, 2.45) is 5.92 Å². The van der Waals surface area contributed by atoms with Gasteiger partial charge in [-0.25, -0.2) is 4.79 Å². The summed E-state index contributed by atoms with van der Waals surface area (Å²) in [6.45, 7) is 0.804. The molecule has 1 saturated heterocycles. The zero-order valence-electron chi connectivity index (χ0n) is 12.3. The number of urea groups is 1. The van der Waals surface area contributed by atoms with Gasteiger partial charge in [-0.15, -0.1) is 0 Å². The molecule has 0 saturated carbocycles. The number of amides is 2. The number of aromatic nitrogens is 2. The fraction of sp³-hybridized carbons (Fsp3) is 0.333. The molecule has 1 atom stereocenters. The number of rotatable bonds is 3. The number of carbonyl (C=O) groups is 2. The molecule has 1 unspecified atom stereocenters. The van der Waals surface area contributed by atoms with Crippen molar-refractivity contribution in [1.82, 2.24) is 15.0 Å². The van der Waals surface area contributed by atoms with Crippen LogP contribution in [0.25, 0.3) is 11.4 Å². The van der Waals surface area contributed by atoms with E-state index in [0.29, 0.717) is 30.9 Å². The Morgan fingerprint density at radius 1 is 1.30 bits per heavy atom. The Bertz CT molecular complexity index is 684. The van der Waals surface area contributed by atoms with Crippen molar-refractivity contribution in [3.8, 4) is 11.4 Å². The molecule has 120 valence electrons. The van der Waals surface area contributed by atoms with Crippen LogP contribution in [0.3, 0.4) is 0 Å². The highest BCUT2D eigenvalue weighted by atomic mass is 16.5. The van der Waals surface area contributed by atoms with Crippen molar-refractivity contribution in [1.29, 1.82) is 0 Å². The highest BCUT2D eigenvalue weighted by molar-refractivity contribution is 5.90. The van der Waals surface area contributed by atoms with Crippen LogP contribution < -0.4 is 5.32 Å². The summed E-state index contributed by atoms with van der Waals surface area (Å²) in [5, 5.41) is 15.6. The third-order valence-corrected chi connectivity index (χ3v) is 3.81. The predicted molar refractivity (Wildman–Crippen MR) is 80.7 cm³/mol. The summed E-state index contributed by atoms with van der Waals surface area (Å²) in [6, 6.07) is 6.74. The number of anilines is 1. The standard InChI is InChI=1S/C15H16N4O4/c20-14(21)11-2-1-7-19(8-11)15(22)17-12-5-3-10(4-6-12)13-16-9-23-18-13/h3-6,9,11H,1-2,7-8H2,(H,17,22)(H,20,21). The molecule has 3 rings (SSSR count). The van der Waals surface area contributed by atoms with Crippen LogP contribution in [0.2, 0.25) is 0 Å². The summed E-state index contributed by atoms with van der Waals surface area (Å²) >= 11 is 0. The van der Waals surface area contributed by atoms with Crippen LogP contribution in [0, 0.1) is 5.92 Å². The maximum atomic E-state index is 12.2. The van der Waals surface area contributed by atoms with E-state index < -0.39 is 11.9 Å².